The molecule has 3 heterocycles. The van der Waals surface area contributed by atoms with E-state index in [-0.39, 0.29) is 5.56 Å². The summed E-state index contributed by atoms with van der Waals surface area (Å²) in [4.78, 5) is 22.4. The molecule has 0 amide bonds. The SMILES string of the molecule is Cc1cc(=O)n2c(n1)nc1n2CCN1C. The van der Waals surface area contributed by atoms with Crippen LogP contribution in [0.3, 0.4) is 0 Å². The van der Waals surface area contributed by atoms with Gasteiger partial charge in [0.25, 0.3) is 11.3 Å². The molecular weight excluding hydrogens is 194 g/mol. The summed E-state index contributed by atoms with van der Waals surface area (Å²) in [6, 6.07) is 1.53. The monoisotopic (exact) mass is 205 g/mol. The molecule has 0 saturated heterocycles. The van der Waals surface area contributed by atoms with Crippen LogP contribution < -0.4 is 10.5 Å². The molecule has 0 aromatic carbocycles. The summed E-state index contributed by atoms with van der Waals surface area (Å²) >= 11 is 0. The predicted molar refractivity (Wildman–Crippen MR) is 55.3 cm³/mol. The molecule has 0 spiro atoms. The first kappa shape index (κ1) is 8.46. The Kier molecular flexibility index (Phi) is 1.46. The van der Waals surface area contributed by atoms with Crippen LogP contribution in [0.4, 0.5) is 5.95 Å². The van der Waals surface area contributed by atoms with E-state index in [0.29, 0.717) is 11.5 Å². The summed E-state index contributed by atoms with van der Waals surface area (Å²) in [6.45, 7) is 3.47. The Balaban J connectivity index is 2.45. The van der Waals surface area contributed by atoms with Crippen molar-refractivity contribution in [3.05, 3.63) is 22.1 Å². The Hall–Kier alpha value is -1.85. The lowest BCUT2D eigenvalue weighted by Crippen LogP contribution is -2.20. The summed E-state index contributed by atoms with van der Waals surface area (Å²) in [6.07, 6.45) is 0. The van der Waals surface area contributed by atoms with Gasteiger partial charge in [-0.1, -0.05) is 0 Å². The minimum Gasteiger partial charge on any atom is -0.342 e. The smallest absolute Gasteiger partial charge is 0.274 e. The van der Waals surface area contributed by atoms with E-state index in [2.05, 4.69) is 9.97 Å². The van der Waals surface area contributed by atoms with E-state index in [4.69, 9.17) is 0 Å². The van der Waals surface area contributed by atoms with Gasteiger partial charge in [0.05, 0.1) is 6.54 Å². The number of hydrogen-bond acceptors (Lipinski definition) is 4. The zero-order chi connectivity index (χ0) is 10.6. The van der Waals surface area contributed by atoms with Crippen LogP contribution in [0.5, 0.6) is 0 Å². The third-order valence-corrected chi connectivity index (χ3v) is 2.67. The maximum Gasteiger partial charge on any atom is 0.274 e. The number of hydrogen-bond donors (Lipinski definition) is 0. The van der Waals surface area contributed by atoms with Crippen molar-refractivity contribution in [2.45, 2.75) is 13.5 Å². The van der Waals surface area contributed by atoms with Gasteiger partial charge in [-0.25, -0.2) is 9.67 Å². The average Bonchev–Trinajstić information content (AvgIpc) is 2.66. The van der Waals surface area contributed by atoms with Crippen LogP contribution in [0, 0.1) is 6.92 Å². The van der Waals surface area contributed by atoms with Crippen LogP contribution in [0.1, 0.15) is 5.69 Å². The second-order valence-electron chi connectivity index (χ2n) is 3.80. The summed E-state index contributed by atoms with van der Waals surface area (Å²) in [5, 5.41) is 0. The van der Waals surface area contributed by atoms with E-state index in [9.17, 15) is 4.79 Å². The molecule has 0 saturated carbocycles. The molecule has 78 valence electrons. The topological polar surface area (TPSA) is 55.4 Å². The van der Waals surface area contributed by atoms with E-state index < -0.39 is 0 Å². The fourth-order valence-corrected chi connectivity index (χ4v) is 1.94. The van der Waals surface area contributed by atoms with E-state index in [0.717, 1.165) is 19.0 Å². The first-order chi connectivity index (χ1) is 7.16. The summed E-state index contributed by atoms with van der Waals surface area (Å²) in [5.74, 6) is 1.30. The van der Waals surface area contributed by atoms with Gasteiger partial charge in [-0.3, -0.25) is 4.79 Å². The third-order valence-electron chi connectivity index (χ3n) is 2.67. The Labute approximate surface area is 85.8 Å². The van der Waals surface area contributed by atoms with Gasteiger partial charge in [-0.2, -0.15) is 9.50 Å². The highest BCUT2D eigenvalue weighted by atomic mass is 16.1. The predicted octanol–water partition coefficient (Wildman–Crippen LogP) is -0.351. The number of fused-ring (bicyclic) bond motifs is 3. The minimum absolute atomic E-state index is 0.0634. The molecule has 0 unspecified atom stereocenters. The fourth-order valence-electron chi connectivity index (χ4n) is 1.94. The number of aryl methyl sites for hydroxylation is 1. The van der Waals surface area contributed by atoms with Crippen molar-refractivity contribution < 1.29 is 0 Å². The summed E-state index contributed by atoms with van der Waals surface area (Å²) < 4.78 is 3.40. The van der Waals surface area contributed by atoms with E-state index in [1.165, 1.54) is 10.6 Å². The molecular formula is C9H11N5O. The van der Waals surface area contributed by atoms with E-state index in [1.54, 1.807) is 6.92 Å². The molecule has 0 radical (unpaired) electrons. The zero-order valence-electron chi connectivity index (χ0n) is 8.64. The third kappa shape index (κ3) is 1.01. The molecule has 6 nitrogen and oxygen atoms in total. The van der Waals surface area contributed by atoms with Crippen molar-refractivity contribution >= 4 is 11.7 Å². The molecule has 1 aliphatic heterocycles. The Morgan fingerprint density at radius 3 is 2.93 bits per heavy atom. The van der Waals surface area contributed by atoms with Crippen LogP contribution in [-0.2, 0) is 6.54 Å². The molecule has 0 N–H and O–H groups in total. The van der Waals surface area contributed by atoms with Gasteiger partial charge in [-0.05, 0) is 6.92 Å². The highest BCUT2D eigenvalue weighted by molar-refractivity contribution is 5.42. The molecule has 1 aliphatic rings. The van der Waals surface area contributed by atoms with Gasteiger partial charge in [0.2, 0.25) is 5.95 Å². The number of likely N-dealkylation sites (N-methyl/N-ethyl adjacent to an activating group) is 1. The Bertz CT molecular complexity index is 596. The molecule has 0 bridgehead atoms. The molecule has 2 aromatic rings. The lowest BCUT2D eigenvalue weighted by molar-refractivity contribution is 0.627. The van der Waals surface area contributed by atoms with Crippen LogP contribution in [0.15, 0.2) is 10.9 Å². The molecule has 15 heavy (non-hydrogen) atoms. The average molecular weight is 205 g/mol. The highest BCUT2D eigenvalue weighted by Gasteiger charge is 2.21. The van der Waals surface area contributed by atoms with Crippen molar-refractivity contribution in [1.29, 1.82) is 0 Å². The fraction of sp³-hybridized carbons (Fsp3) is 0.444. The minimum atomic E-state index is -0.0634. The molecule has 2 aromatic heterocycles. The number of rotatable bonds is 0. The van der Waals surface area contributed by atoms with Crippen LogP contribution >= 0.6 is 0 Å². The van der Waals surface area contributed by atoms with Crippen LogP contribution in [-0.4, -0.2) is 32.8 Å². The second kappa shape index (κ2) is 2.59. The summed E-state index contributed by atoms with van der Waals surface area (Å²) in [7, 11) is 1.96. The molecule has 0 atom stereocenters. The van der Waals surface area contributed by atoms with Crippen LogP contribution in [0.2, 0.25) is 0 Å². The Morgan fingerprint density at radius 1 is 1.33 bits per heavy atom. The largest absolute Gasteiger partial charge is 0.342 e. The van der Waals surface area contributed by atoms with Gasteiger partial charge in [0.15, 0.2) is 0 Å². The lowest BCUT2D eigenvalue weighted by atomic mass is 10.4. The Morgan fingerprint density at radius 2 is 2.13 bits per heavy atom. The molecule has 0 aliphatic carbocycles. The second-order valence-corrected chi connectivity index (χ2v) is 3.80. The molecule has 0 fully saturated rings. The quantitative estimate of drug-likeness (QED) is 0.590. The van der Waals surface area contributed by atoms with Crippen molar-refractivity contribution in [2.24, 2.45) is 0 Å². The van der Waals surface area contributed by atoms with Gasteiger partial charge in [0.1, 0.15) is 0 Å². The van der Waals surface area contributed by atoms with Gasteiger partial charge in [0, 0.05) is 25.4 Å². The van der Waals surface area contributed by atoms with Gasteiger partial charge >= 0.3 is 0 Å². The van der Waals surface area contributed by atoms with Crippen molar-refractivity contribution in [3.8, 4) is 0 Å². The standard InChI is InChI=1S/C9H11N5O/c1-6-5-7(15)14-8(10-6)11-9-12(2)3-4-13(9)14/h5H,3-4H2,1-2H3. The normalized spacial score (nSPS) is 14.9. The number of nitrogens with zero attached hydrogens (tertiary/aromatic N) is 5. The van der Waals surface area contributed by atoms with Crippen LogP contribution in [0.25, 0.3) is 5.78 Å². The summed E-state index contributed by atoms with van der Waals surface area (Å²) in [5.41, 5.74) is 0.644. The van der Waals surface area contributed by atoms with Crippen molar-refractivity contribution in [1.82, 2.24) is 19.2 Å². The maximum atomic E-state index is 11.8. The van der Waals surface area contributed by atoms with E-state index in [1.807, 2.05) is 16.6 Å². The number of anilines is 1. The van der Waals surface area contributed by atoms with Crippen molar-refractivity contribution in [2.75, 3.05) is 18.5 Å². The first-order valence-electron chi connectivity index (χ1n) is 4.85. The zero-order valence-corrected chi connectivity index (χ0v) is 8.64. The van der Waals surface area contributed by atoms with Gasteiger partial charge in [-0.15, -0.1) is 0 Å². The highest BCUT2D eigenvalue weighted by Crippen LogP contribution is 2.17. The maximum absolute atomic E-state index is 11.8. The number of aromatic nitrogens is 4. The van der Waals surface area contributed by atoms with Gasteiger partial charge < -0.3 is 4.90 Å². The first-order valence-corrected chi connectivity index (χ1v) is 4.85. The molecule has 3 rings (SSSR count). The lowest BCUT2D eigenvalue weighted by Gasteiger charge is -2.04. The van der Waals surface area contributed by atoms with Crippen molar-refractivity contribution in [3.63, 3.8) is 0 Å². The molecule has 6 heteroatoms. The van der Waals surface area contributed by atoms with E-state index >= 15 is 0 Å².